The molecule has 0 fully saturated rings. The molecule has 0 saturated carbocycles. The first-order valence-electron chi connectivity index (χ1n) is 4.37. The molecule has 0 aliphatic carbocycles. The van der Waals surface area contributed by atoms with E-state index in [0.717, 1.165) is 22.0 Å². The Morgan fingerprint density at radius 2 is 1.86 bits per heavy atom. The fourth-order valence-corrected chi connectivity index (χ4v) is 1.57. The van der Waals surface area contributed by atoms with E-state index in [-0.39, 0.29) is 0 Å². The minimum Gasteiger partial charge on any atom is -0.397 e. The molecule has 2 nitrogen and oxygen atoms in total. The van der Waals surface area contributed by atoms with Crippen LogP contribution in [0, 0.1) is 6.92 Å². The Bertz CT molecular complexity index is 447. The van der Waals surface area contributed by atoms with Gasteiger partial charge in [0.15, 0.2) is 0 Å². The number of rotatable bonds is 1. The Morgan fingerprint density at radius 3 is 2.50 bits per heavy atom. The van der Waals surface area contributed by atoms with Gasteiger partial charge in [-0.2, -0.15) is 0 Å². The van der Waals surface area contributed by atoms with Crippen molar-refractivity contribution in [3.05, 3.63) is 47.2 Å². The number of benzene rings is 1. The third kappa shape index (κ3) is 1.49. The van der Waals surface area contributed by atoms with Crippen molar-refractivity contribution in [3.63, 3.8) is 0 Å². The molecular formula is C11H11ClN2. The van der Waals surface area contributed by atoms with Gasteiger partial charge in [-0.25, -0.2) is 0 Å². The first kappa shape index (κ1) is 9.16. The molecule has 1 heterocycles. The van der Waals surface area contributed by atoms with Crippen molar-refractivity contribution in [1.29, 1.82) is 0 Å². The molecule has 0 spiro atoms. The van der Waals surface area contributed by atoms with E-state index in [1.54, 1.807) is 0 Å². The number of nitrogens with zero attached hydrogens (tertiary/aromatic N) is 1. The highest BCUT2D eigenvalue weighted by Gasteiger charge is 2.04. The minimum atomic E-state index is 0.739. The Balaban J connectivity index is 2.60. The van der Waals surface area contributed by atoms with Gasteiger partial charge in [0.2, 0.25) is 0 Å². The number of aromatic nitrogens is 1. The molecule has 2 N–H and O–H groups in total. The molecule has 0 radical (unpaired) electrons. The van der Waals surface area contributed by atoms with E-state index < -0.39 is 0 Å². The Labute approximate surface area is 87.9 Å². The van der Waals surface area contributed by atoms with Crippen LogP contribution in [-0.2, 0) is 0 Å². The van der Waals surface area contributed by atoms with E-state index in [2.05, 4.69) is 0 Å². The Hall–Kier alpha value is -1.41. The van der Waals surface area contributed by atoms with Crippen LogP contribution in [0.1, 0.15) is 5.56 Å². The third-order valence-electron chi connectivity index (χ3n) is 2.19. The van der Waals surface area contributed by atoms with Gasteiger partial charge in [-0.15, -0.1) is 0 Å². The maximum Gasteiger partial charge on any atom is 0.0695 e. The molecular weight excluding hydrogens is 196 g/mol. The van der Waals surface area contributed by atoms with Crippen molar-refractivity contribution in [2.24, 2.45) is 0 Å². The molecule has 72 valence electrons. The van der Waals surface area contributed by atoms with Gasteiger partial charge in [0.05, 0.1) is 11.4 Å². The maximum absolute atomic E-state index is 6.03. The molecule has 14 heavy (non-hydrogen) atoms. The molecule has 0 bridgehead atoms. The number of nitrogens with two attached hydrogens (primary N) is 1. The fraction of sp³-hybridized carbons (Fsp3) is 0.0909. The highest BCUT2D eigenvalue weighted by atomic mass is 35.5. The van der Waals surface area contributed by atoms with E-state index in [9.17, 15) is 0 Å². The monoisotopic (exact) mass is 206 g/mol. The molecule has 0 unspecified atom stereocenters. The highest BCUT2D eigenvalue weighted by Crippen LogP contribution is 2.25. The molecule has 0 saturated heterocycles. The van der Waals surface area contributed by atoms with Crippen LogP contribution in [-0.4, -0.2) is 4.57 Å². The molecule has 0 aliphatic rings. The predicted octanol–water partition coefficient (Wildman–Crippen LogP) is 3.02. The van der Waals surface area contributed by atoms with Crippen molar-refractivity contribution in [2.45, 2.75) is 6.92 Å². The van der Waals surface area contributed by atoms with Gasteiger partial charge < -0.3 is 10.3 Å². The summed E-state index contributed by atoms with van der Waals surface area (Å²) in [6.07, 6.45) is 3.88. The smallest absolute Gasteiger partial charge is 0.0695 e. The lowest BCUT2D eigenvalue weighted by Crippen LogP contribution is -1.98. The van der Waals surface area contributed by atoms with Crippen LogP contribution in [0.25, 0.3) is 5.69 Å². The van der Waals surface area contributed by atoms with Crippen LogP contribution in [0.15, 0.2) is 36.7 Å². The molecule has 0 atom stereocenters. The summed E-state index contributed by atoms with van der Waals surface area (Å²) in [7, 11) is 0. The Morgan fingerprint density at radius 1 is 1.21 bits per heavy atom. The molecule has 0 amide bonds. The van der Waals surface area contributed by atoms with E-state index in [4.69, 9.17) is 17.3 Å². The second-order valence-electron chi connectivity index (χ2n) is 3.25. The molecule has 2 rings (SSSR count). The lowest BCUT2D eigenvalue weighted by molar-refractivity contribution is 1.08. The number of hydrogen-bond acceptors (Lipinski definition) is 1. The molecule has 3 heteroatoms. The van der Waals surface area contributed by atoms with Gasteiger partial charge >= 0.3 is 0 Å². The first-order chi connectivity index (χ1) is 6.68. The number of nitrogen functional groups attached to an aromatic ring is 1. The average molecular weight is 207 g/mol. The molecule has 1 aromatic heterocycles. The van der Waals surface area contributed by atoms with Gasteiger partial charge in [0, 0.05) is 17.4 Å². The van der Waals surface area contributed by atoms with E-state index in [1.807, 2.05) is 48.1 Å². The fourth-order valence-electron chi connectivity index (χ4n) is 1.41. The highest BCUT2D eigenvalue weighted by molar-refractivity contribution is 6.31. The summed E-state index contributed by atoms with van der Waals surface area (Å²) in [6.45, 7) is 1.94. The van der Waals surface area contributed by atoms with Gasteiger partial charge in [-0.05, 0) is 36.8 Å². The summed E-state index contributed by atoms with van der Waals surface area (Å²) in [4.78, 5) is 0. The van der Waals surface area contributed by atoms with Crippen LogP contribution in [0.2, 0.25) is 5.02 Å². The van der Waals surface area contributed by atoms with Crippen molar-refractivity contribution in [3.8, 4) is 5.69 Å². The van der Waals surface area contributed by atoms with Crippen LogP contribution < -0.4 is 5.73 Å². The second kappa shape index (κ2) is 3.39. The topological polar surface area (TPSA) is 30.9 Å². The normalized spacial score (nSPS) is 10.4. The molecule has 0 aliphatic heterocycles. The zero-order valence-electron chi connectivity index (χ0n) is 7.87. The molecule has 1 aromatic carbocycles. The summed E-state index contributed by atoms with van der Waals surface area (Å²) >= 11 is 6.03. The van der Waals surface area contributed by atoms with Crippen LogP contribution in [0.5, 0.6) is 0 Å². The van der Waals surface area contributed by atoms with Gasteiger partial charge in [0.25, 0.3) is 0 Å². The summed E-state index contributed by atoms with van der Waals surface area (Å²) in [5, 5.41) is 0.739. The van der Waals surface area contributed by atoms with Crippen molar-refractivity contribution >= 4 is 17.3 Å². The standard InChI is InChI=1S/C11H11ClN2/c1-8-6-10(13)11(7-9(8)12)14-4-2-3-5-14/h2-7H,13H2,1H3. The predicted molar refractivity (Wildman–Crippen MR) is 59.9 cm³/mol. The van der Waals surface area contributed by atoms with Gasteiger partial charge in [-0.3, -0.25) is 0 Å². The van der Waals surface area contributed by atoms with Crippen LogP contribution >= 0.6 is 11.6 Å². The largest absolute Gasteiger partial charge is 0.397 e. The minimum absolute atomic E-state index is 0.739. The zero-order valence-corrected chi connectivity index (χ0v) is 8.62. The van der Waals surface area contributed by atoms with Crippen LogP contribution in [0.4, 0.5) is 5.69 Å². The molecule has 2 aromatic rings. The maximum atomic E-state index is 6.03. The van der Waals surface area contributed by atoms with Crippen molar-refractivity contribution < 1.29 is 0 Å². The van der Waals surface area contributed by atoms with E-state index in [0.29, 0.717) is 0 Å². The van der Waals surface area contributed by atoms with Gasteiger partial charge in [0.1, 0.15) is 0 Å². The number of hydrogen-bond donors (Lipinski definition) is 1. The summed E-state index contributed by atoms with van der Waals surface area (Å²) in [5.41, 5.74) is 8.56. The van der Waals surface area contributed by atoms with E-state index in [1.165, 1.54) is 0 Å². The average Bonchev–Trinajstić information content (AvgIpc) is 2.64. The lowest BCUT2D eigenvalue weighted by atomic mass is 10.2. The quantitative estimate of drug-likeness (QED) is 0.715. The Kier molecular flexibility index (Phi) is 2.22. The number of halogens is 1. The van der Waals surface area contributed by atoms with E-state index >= 15 is 0 Å². The third-order valence-corrected chi connectivity index (χ3v) is 2.60. The first-order valence-corrected chi connectivity index (χ1v) is 4.75. The summed E-state index contributed by atoms with van der Waals surface area (Å²) in [5.74, 6) is 0. The summed E-state index contributed by atoms with van der Waals surface area (Å²) in [6, 6.07) is 7.67. The summed E-state index contributed by atoms with van der Waals surface area (Å²) < 4.78 is 1.95. The zero-order chi connectivity index (χ0) is 10.1. The SMILES string of the molecule is Cc1cc(N)c(-n2cccc2)cc1Cl. The number of aryl methyl sites for hydroxylation is 1. The van der Waals surface area contributed by atoms with Crippen molar-refractivity contribution in [2.75, 3.05) is 5.73 Å². The second-order valence-corrected chi connectivity index (χ2v) is 3.66. The van der Waals surface area contributed by atoms with Gasteiger partial charge in [-0.1, -0.05) is 11.6 Å². The van der Waals surface area contributed by atoms with Crippen molar-refractivity contribution in [1.82, 2.24) is 4.57 Å². The number of anilines is 1. The van der Waals surface area contributed by atoms with Crippen LogP contribution in [0.3, 0.4) is 0 Å². The lowest BCUT2D eigenvalue weighted by Gasteiger charge is -2.09.